The quantitative estimate of drug-likeness (QED) is 0.528. The molecule has 0 aliphatic carbocycles. The molecule has 12 heteroatoms. The molecule has 1 aliphatic heterocycles. The van der Waals surface area contributed by atoms with Crippen molar-refractivity contribution >= 4 is 33.3 Å². The number of carboxylic acid groups (broad SMARTS) is 2. The van der Waals surface area contributed by atoms with Gasteiger partial charge < -0.3 is 15.1 Å². The highest BCUT2D eigenvalue weighted by Crippen LogP contribution is 2.33. The van der Waals surface area contributed by atoms with Gasteiger partial charge in [0.25, 0.3) is 10.0 Å². The van der Waals surface area contributed by atoms with Crippen molar-refractivity contribution in [1.29, 1.82) is 0 Å². The van der Waals surface area contributed by atoms with Gasteiger partial charge in [0.2, 0.25) is 0 Å². The Morgan fingerprint density at radius 1 is 1.09 bits per heavy atom. The predicted octanol–water partition coefficient (Wildman–Crippen LogP) is 4.67. The number of halogens is 3. The summed E-state index contributed by atoms with van der Waals surface area (Å²) in [7, 11) is -3.85. The minimum absolute atomic E-state index is 0.0483. The Labute approximate surface area is 201 Å². The second kappa shape index (κ2) is 11.0. The molecule has 0 aromatic heterocycles. The molecule has 0 saturated carbocycles. The summed E-state index contributed by atoms with van der Waals surface area (Å²) < 4.78 is 60.4. The van der Waals surface area contributed by atoms with E-state index in [-0.39, 0.29) is 10.5 Å². The third kappa shape index (κ3) is 7.61. The fourth-order valence-corrected chi connectivity index (χ4v) is 5.03. The maximum absolute atomic E-state index is 13.0. The zero-order valence-corrected chi connectivity index (χ0v) is 20.2. The summed E-state index contributed by atoms with van der Waals surface area (Å²) in [5.41, 5.74) is 2.69. The molecule has 2 aromatic rings. The Balaban J connectivity index is 0.000000540. The van der Waals surface area contributed by atoms with Gasteiger partial charge in [0.1, 0.15) is 0 Å². The molecular formula is C23H27F3N2O6S. The lowest BCUT2D eigenvalue weighted by Gasteiger charge is -2.34. The first-order valence-electron chi connectivity index (χ1n) is 10.6. The summed E-state index contributed by atoms with van der Waals surface area (Å²) in [6.07, 6.45) is -2.93. The number of aliphatic carboxylic acids is 1. The maximum Gasteiger partial charge on any atom is 0.490 e. The van der Waals surface area contributed by atoms with E-state index in [1.807, 2.05) is 13.0 Å². The van der Waals surface area contributed by atoms with E-state index in [1.165, 1.54) is 12.1 Å². The fraction of sp³-hybridized carbons (Fsp3) is 0.391. The fourth-order valence-electron chi connectivity index (χ4n) is 3.74. The smallest absolute Gasteiger partial charge is 0.478 e. The minimum atomic E-state index is -5.08. The number of benzene rings is 2. The highest BCUT2D eigenvalue weighted by Gasteiger charge is 2.38. The number of alkyl halides is 3. The van der Waals surface area contributed by atoms with Gasteiger partial charge in [0.15, 0.2) is 0 Å². The number of hydrogen-bond donors (Lipinski definition) is 3. The number of piperidine rings is 1. The Morgan fingerprint density at radius 3 is 2.23 bits per heavy atom. The lowest BCUT2D eigenvalue weighted by Crippen LogP contribution is -2.35. The molecule has 1 saturated heterocycles. The summed E-state index contributed by atoms with van der Waals surface area (Å²) in [5.74, 6) is -3.35. The molecule has 8 nitrogen and oxygen atoms in total. The average molecular weight is 517 g/mol. The van der Waals surface area contributed by atoms with Gasteiger partial charge in [-0.3, -0.25) is 4.72 Å². The number of carbonyl (C=O) groups is 2. The number of nitrogens with zero attached hydrogens (tertiary/aromatic N) is 1. The van der Waals surface area contributed by atoms with Gasteiger partial charge in [0.05, 0.1) is 21.8 Å². The molecule has 0 bridgehead atoms. The highest BCUT2D eigenvalue weighted by molar-refractivity contribution is 7.92. The van der Waals surface area contributed by atoms with Crippen molar-refractivity contribution in [3.8, 4) is 0 Å². The van der Waals surface area contributed by atoms with Gasteiger partial charge in [0, 0.05) is 13.1 Å². The van der Waals surface area contributed by atoms with Gasteiger partial charge >= 0.3 is 18.1 Å². The first-order valence-corrected chi connectivity index (χ1v) is 12.1. The number of carboxylic acids is 2. The lowest BCUT2D eigenvalue weighted by atomic mass is 9.99. The second-order valence-electron chi connectivity index (χ2n) is 8.41. The molecule has 2 aromatic carbocycles. The molecule has 3 N–H and O–H groups in total. The average Bonchev–Trinajstić information content (AvgIpc) is 2.72. The Morgan fingerprint density at radius 2 is 1.71 bits per heavy atom. The van der Waals surface area contributed by atoms with Crippen LogP contribution in [0.4, 0.5) is 24.5 Å². The van der Waals surface area contributed by atoms with Crippen LogP contribution in [-0.4, -0.2) is 49.8 Å². The van der Waals surface area contributed by atoms with Crippen LogP contribution >= 0.6 is 0 Å². The Hall–Kier alpha value is -3.28. The van der Waals surface area contributed by atoms with Crippen molar-refractivity contribution in [3.63, 3.8) is 0 Å². The molecule has 0 spiro atoms. The number of aryl methyl sites for hydroxylation is 2. The number of anilines is 2. The topological polar surface area (TPSA) is 124 Å². The number of rotatable bonds is 5. The van der Waals surface area contributed by atoms with Gasteiger partial charge in [-0.05, 0) is 62.4 Å². The molecule has 35 heavy (non-hydrogen) atoms. The van der Waals surface area contributed by atoms with Crippen LogP contribution in [0.25, 0.3) is 0 Å². The standard InChI is InChI=1S/C21H26N2O4S.C2HF3O2/c1-14-6-9-20(16(3)11-14)28(26,27)22-18-12-17(21(24)25)7-8-19(18)23-10-4-5-15(2)13-23;3-2(4,5)1(6)7/h6-9,11-12,15,22H,4-5,10,13H2,1-3H3,(H,24,25);(H,6,7). The van der Waals surface area contributed by atoms with Crippen molar-refractivity contribution in [1.82, 2.24) is 0 Å². The first-order chi connectivity index (χ1) is 16.1. The minimum Gasteiger partial charge on any atom is -0.478 e. The number of hydrogen-bond acceptors (Lipinski definition) is 5. The van der Waals surface area contributed by atoms with Crippen molar-refractivity contribution in [3.05, 3.63) is 53.1 Å². The number of nitrogens with one attached hydrogen (secondary N) is 1. The number of aromatic carboxylic acids is 1. The first kappa shape index (κ1) is 28.0. The second-order valence-corrected chi connectivity index (χ2v) is 10.1. The van der Waals surface area contributed by atoms with Crippen molar-refractivity contribution < 1.29 is 41.4 Å². The molecule has 1 aliphatic rings. The van der Waals surface area contributed by atoms with E-state index in [2.05, 4.69) is 16.5 Å². The molecule has 192 valence electrons. The summed E-state index contributed by atoms with van der Waals surface area (Å²) in [6, 6.07) is 9.76. The molecule has 1 heterocycles. The third-order valence-electron chi connectivity index (χ3n) is 5.35. The van der Waals surface area contributed by atoms with E-state index in [4.69, 9.17) is 9.90 Å². The van der Waals surface area contributed by atoms with Crippen molar-refractivity contribution in [2.24, 2.45) is 5.92 Å². The SMILES string of the molecule is Cc1ccc(S(=O)(=O)Nc2cc(C(=O)O)ccc2N2CCCC(C)C2)c(C)c1.O=C(O)C(F)(F)F. The van der Waals surface area contributed by atoms with E-state index in [1.54, 1.807) is 25.1 Å². The van der Waals surface area contributed by atoms with E-state index in [0.717, 1.165) is 31.5 Å². The van der Waals surface area contributed by atoms with E-state index >= 15 is 0 Å². The van der Waals surface area contributed by atoms with Gasteiger partial charge in [-0.15, -0.1) is 0 Å². The zero-order valence-electron chi connectivity index (χ0n) is 19.4. The number of sulfonamides is 1. The molecule has 1 atom stereocenters. The summed E-state index contributed by atoms with van der Waals surface area (Å²) >= 11 is 0. The van der Waals surface area contributed by atoms with Crippen LogP contribution in [0.15, 0.2) is 41.3 Å². The predicted molar refractivity (Wildman–Crippen MR) is 124 cm³/mol. The molecule has 0 radical (unpaired) electrons. The van der Waals surface area contributed by atoms with Crippen LogP contribution in [0, 0.1) is 19.8 Å². The van der Waals surface area contributed by atoms with E-state index in [9.17, 15) is 31.5 Å². The lowest BCUT2D eigenvalue weighted by molar-refractivity contribution is -0.192. The van der Waals surface area contributed by atoms with Crippen LogP contribution in [0.1, 0.15) is 41.3 Å². The summed E-state index contributed by atoms with van der Waals surface area (Å²) in [6.45, 7) is 7.45. The molecule has 0 amide bonds. The van der Waals surface area contributed by atoms with Crippen molar-refractivity contribution in [2.75, 3.05) is 22.7 Å². The van der Waals surface area contributed by atoms with Crippen LogP contribution in [0.2, 0.25) is 0 Å². The third-order valence-corrected chi connectivity index (χ3v) is 6.87. The van der Waals surface area contributed by atoms with Crippen LogP contribution < -0.4 is 9.62 Å². The van der Waals surface area contributed by atoms with Crippen LogP contribution in [0.3, 0.4) is 0 Å². The normalized spacial score (nSPS) is 16.2. The maximum atomic E-state index is 13.0. The zero-order chi connectivity index (χ0) is 26.6. The Kier molecular flexibility index (Phi) is 8.77. The molecule has 1 fully saturated rings. The Bertz CT molecular complexity index is 1200. The monoisotopic (exact) mass is 516 g/mol. The van der Waals surface area contributed by atoms with Crippen LogP contribution in [0.5, 0.6) is 0 Å². The van der Waals surface area contributed by atoms with Crippen molar-refractivity contribution in [2.45, 2.75) is 44.7 Å². The van der Waals surface area contributed by atoms with Crippen LogP contribution in [-0.2, 0) is 14.8 Å². The van der Waals surface area contributed by atoms with Gasteiger partial charge in [-0.2, -0.15) is 13.2 Å². The van der Waals surface area contributed by atoms with E-state index in [0.29, 0.717) is 22.9 Å². The highest BCUT2D eigenvalue weighted by atomic mass is 32.2. The largest absolute Gasteiger partial charge is 0.490 e. The van der Waals surface area contributed by atoms with Gasteiger partial charge in [-0.1, -0.05) is 24.6 Å². The van der Waals surface area contributed by atoms with E-state index < -0.39 is 28.1 Å². The molecule has 1 unspecified atom stereocenters. The summed E-state index contributed by atoms with van der Waals surface area (Å²) in [4.78, 5) is 22.6. The molecular weight excluding hydrogens is 489 g/mol. The van der Waals surface area contributed by atoms with Gasteiger partial charge in [-0.25, -0.2) is 18.0 Å². The summed E-state index contributed by atoms with van der Waals surface area (Å²) in [5, 5.41) is 16.5. The molecule has 3 rings (SSSR count).